The lowest BCUT2D eigenvalue weighted by Gasteiger charge is -2.20. The summed E-state index contributed by atoms with van der Waals surface area (Å²) in [6, 6.07) is 3.88. The van der Waals surface area contributed by atoms with Crippen LogP contribution in [0.3, 0.4) is 0 Å². The number of benzene rings is 1. The van der Waals surface area contributed by atoms with Crippen molar-refractivity contribution in [1.82, 2.24) is 25.5 Å². The van der Waals surface area contributed by atoms with Gasteiger partial charge in [0.25, 0.3) is 0 Å². The van der Waals surface area contributed by atoms with E-state index < -0.39 is 24.0 Å². The number of carbonyl (C=O) groups is 2. The van der Waals surface area contributed by atoms with E-state index in [1.54, 1.807) is 26.0 Å². The van der Waals surface area contributed by atoms with Crippen molar-refractivity contribution in [1.29, 1.82) is 0 Å². The van der Waals surface area contributed by atoms with Crippen molar-refractivity contribution in [2.75, 3.05) is 0 Å². The Morgan fingerprint density at radius 2 is 2.00 bits per heavy atom. The van der Waals surface area contributed by atoms with Gasteiger partial charge in [0, 0.05) is 6.42 Å². The maximum absolute atomic E-state index is 13.0. The first-order valence-corrected chi connectivity index (χ1v) is 7.44. The van der Waals surface area contributed by atoms with Crippen LogP contribution in [0.4, 0.5) is 4.39 Å². The van der Waals surface area contributed by atoms with Crippen LogP contribution in [0, 0.1) is 12.7 Å². The standard InChI is InChI=1S/C15H18FN5O3/c1-3-12(15(23)24)17-14(22)13(21-9(2)18-19-20-21)8-10-4-6-11(16)7-5-10/h4-7,12-13H,3,8H2,1-2H3,(H,17,22)(H,23,24). The van der Waals surface area contributed by atoms with E-state index in [0.29, 0.717) is 11.4 Å². The van der Waals surface area contributed by atoms with E-state index in [4.69, 9.17) is 5.11 Å². The molecule has 2 N–H and O–H groups in total. The number of rotatable bonds is 7. The molecule has 0 aliphatic heterocycles. The second kappa shape index (κ2) is 7.62. The van der Waals surface area contributed by atoms with Gasteiger partial charge >= 0.3 is 5.97 Å². The Bertz CT molecular complexity index is 716. The summed E-state index contributed by atoms with van der Waals surface area (Å²) >= 11 is 0. The highest BCUT2D eigenvalue weighted by Crippen LogP contribution is 2.16. The number of amides is 1. The molecule has 0 saturated heterocycles. The number of hydrogen-bond acceptors (Lipinski definition) is 5. The Balaban J connectivity index is 2.26. The van der Waals surface area contributed by atoms with Crippen molar-refractivity contribution >= 4 is 11.9 Å². The molecule has 0 aliphatic carbocycles. The van der Waals surface area contributed by atoms with E-state index >= 15 is 0 Å². The smallest absolute Gasteiger partial charge is 0.326 e. The molecule has 0 aliphatic rings. The van der Waals surface area contributed by atoms with Crippen molar-refractivity contribution in [3.63, 3.8) is 0 Å². The molecule has 1 heterocycles. The van der Waals surface area contributed by atoms with Crippen LogP contribution in [-0.4, -0.2) is 43.2 Å². The van der Waals surface area contributed by atoms with Crippen LogP contribution in [0.2, 0.25) is 0 Å². The molecule has 2 aromatic rings. The second-order valence-corrected chi connectivity index (χ2v) is 5.32. The van der Waals surface area contributed by atoms with Crippen LogP contribution < -0.4 is 5.32 Å². The second-order valence-electron chi connectivity index (χ2n) is 5.32. The summed E-state index contributed by atoms with van der Waals surface area (Å²) in [6.45, 7) is 3.30. The lowest BCUT2D eigenvalue weighted by atomic mass is 10.0. The first-order chi connectivity index (χ1) is 11.4. The number of carbonyl (C=O) groups excluding carboxylic acids is 1. The fourth-order valence-corrected chi connectivity index (χ4v) is 2.27. The Morgan fingerprint density at radius 1 is 1.33 bits per heavy atom. The Labute approximate surface area is 137 Å². The quantitative estimate of drug-likeness (QED) is 0.777. The summed E-state index contributed by atoms with van der Waals surface area (Å²) in [7, 11) is 0. The van der Waals surface area contributed by atoms with Crippen molar-refractivity contribution in [3.8, 4) is 0 Å². The highest BCUT2D eigenvalue weighted by atomic mass is 19.1. The lowest BCUT2D eigenvalue weighted by Crippen LogP contribution is -2.44. The zero-order valence-electron chi connectivity index (χ0n) is 13.3. The molecule has 1 aromatic carbocycles. The molecular weight excluding hydrogens is 317 g/mol. The summed E-state index contributed by atoms with van der Waals surface area (Å²) in [5, 5.41) is 22.7. The highest BCUT2D eigenvalue weighted by Gasteiger charge is 2.27. The summed E-state index contributed by atoms with van der Waals surface area (Å²) in [4.78, 5) is 23.7. The maximum atomic E-state index is 13.0. The SMILES string of the molecule is CCC(NC(=O)C(Cc1ccc(F)cc1)n1nnnc1C)C(=O)O. The maximum Gasteiger partial charge on any atom is 0.326 e. The van der Waals surface area contributed by atoms with Gasteiger partial charge in [0.2, 0.25) is 5.91 Å². The van der Waals surface area contributed by atoms with Crippen molar-refractivity contribution in [2.24, 2.45) is 0 Å². The number of carboxylic acids is 1. The zero-order valence-corrected chi connectivity index (χ0v) is 13.3. The van der Waals surface area contributed by atoms with Crippen LogP contribution in [0.5, 0.6) is 0 Å². The number of aromatic nitrogens is 4. The third-order valence-electron chi connectivity index (χ3n) is 3.62. The van der Waals surface area contributed by atoms with Gasteiger partial charge in [-0.3, -0.25) is 4.79 Å². The Hall–Kier alpha value is -2.84. The van der Waals surface area contributed by atoms with Crippen LogP contribution in [0.1, 0.15) is 30.8 Å². The fourth-order valence-electron chi connectivity index (χ4n) is 2.27. The van der Waals surface area contributed by atoms with Gasteiger partial charge in [-0.25, -0.2) is 13.9 Å². The van der Waals surface area contributed by atoms with E-state index in [2.05, 4.69) is 20.8 Å². The van der Waals surface area contributed by atoms with Gasteiger partial charge in [0.05, 0.1) is 0 Å². The molecule has 0 spiro atoms. The number of tetrazole rings is 1. The number of nitrogens with zero attached hydrogens (tertiary/aromatic N) is 4. The zero-order chi connectivity index (χ0) is 17.7. The van der Waals surface area contributed by atoms with Gasteiger partial charge in [0.1, 0.15) is 23.7 Å². The van der Waals surface area contributed by atoms with Crippen LogP contribution in [0.25, 0.3) is 0 Å². The number of halogens is 1. The van der Waals surface area contributed by atoms with Gasteiger partial charge in [0.15, 0.2) is 0 Å². The molecule has 0 bridgehead atoms. The van der Waals surface area contributed by atoms with Gasteiger partial charge in [-0.05, 0) is 41.5 Å². The number of aryl methyl sites for hydroxylation is 1. The van der Waals surface area contributed by atoms with Crippen LogP contribution >= 0.6 is 0 Å². The molecule has 1 amide bonds. The lowest BCUT2D eigenvalue weighted by molar-refractivity contribution is -0.142. The van der Waals surface area contributed by atoms with Crippen molar-refractivity contribution < 1.29 is 19.1 Å². The van der Waals surface area contributed by atoms with Crippen LogP contribution in [-0.2, 0) is 16.0 Å². The summed E-state index contributed by atoms with van der Waals surface area (Å²) in [5.74, 6) is -1.58. The molecule has 2 atom stereocenters. The molecular formula is C15H18FN5O3. The normalized spacial score (nSPS) is 13.3. The number of aliphatic carboxylic acids is 1. The molecule has 1 aromatic heterocycles. The molecule has 128 valence electrons. The molecule has 2 rings (SSSR count). The monoisotopic (exact) mass is 335 g/mol. The molecule has 0 fully saturated rings. The summed E-state index contributed by atoms with van der Waals surface area (Å²) < 4.78 is 14.4. The third kappa shape index (κ3) is 4.12. The Morgan fingerprint density at radius 3 is 2.50 bits per heavy atom. The molecule has 2 unspecified atom stereocenters. The third-order valence-corrected chi connectivity index (χ3v) is 3.62. The molecule has 24 heavy (non-hydrogen) atoms. The summed E-state index contributed by atoms with van der Waals surface area (Å²) in [6.07, 6.45) is 0.451. The van der Waals surface area contributed by atoms with E-state index in [-0.39, 0.29) is 18.7 Å². The van der Waals surface area contributed by atoms with Gasteiger partial charge in [-0.2, -0.15) is 0 Å². The number of carboxylic acid groups (broad SMARTS) is 1. The topological polar surface area (TPSA) is 110 Å². The largest absolute Gasteiger partial charge is 0.480 e. The van der Waals surface area contributed by atoms with E-state index in [9.17, 15) is 14.0 Å². The number of hydrogen-bond donors (Lipinski definition) is 2. The van der Waals surface area contributed by atoms with Gasteiger partial charge in [-0.15, -0.1) is 5.10 Å². The highest BCUT2D eigenvalue weighted by molar-refractivity contribution is 5.86. The minimum atomic E-state index is -1.11. The average Bonchev–Trinajstić information content (AvgIpc) is 2.97. The minimum Gasteiger partial charge on any atom is -0.480 e. The average molecular weight is 335 g/mol. The van der Waals surface area contributed by atoms with E-state index in [1.807, 2.05) is 0 Å². The predicted molar refractivity (Wildman–Crippen MR) is 81.6 cm³/mol. The van der Waals surface area contributed by atoms with Crippen LogP contribution in [0.15, 0.2) is 24.3 Å². The van der Waals surface area contributed by atoms with E-state index in [0.717, 1.165) is 0 Å². The molecule has 9 heteroatoms. The molecule has 8 nitrogen and oxygen atoms in total. The minimum absolute atomic E-state index is 0.202. The van der Waals surface area contributed by atoms with Crippen molar-refractivity contribution in [3.05, 3.63) is 41.5 Å². The van der Waals surface area contributed by atoms with Gasteiger partial charge < -0.3 is 10.4 Å². The fraction of sp³-hybridized carbons (Fsp3) is 0.400. The molecule has 0 radical (unpaired) electrons. The molecule has 0 saturated carbocycles. The Kier molecular flexibility index (Phi) is 5.56. The van der Waals surface area contributed by atoms with Crippen molar-refractivity contribution in [2.45, 2.75) is 38.8 Å². The van der Waals surface area contributed by atoms with Gasteiger partial charge in [-0.1, -0.05) is 19.1 Å². The number of nitrogens with one attached hydrogen (secondary N) is 1. The predicted octanol–water partition coefficient (Wildman–Crippen LogP) is 0.884. The van der Waals surface area contributed by atoms with E-state index in [1.165, 1.54) is 16.8 Å². The summed E-state index contributed by atoms with van der Waals surface area (Å²) in [5.41, 5.74) is 0.704. The first-order valence-electron chi connectivity index (χ1n) is 7.44. The first kappa shape index (κ1) is 17.5.